The van der Waals surface area contributed by atoms with E-state index in [1.165, 1.54) is 10.7 Å². The summed E-state index contributed by atoms with van der Waals surface area (Å²) in [7, 11) is 0. The van der Waals surface area contributed by atoms with Crippen LogP contribution in [0.1, 0.15) is 35.7 Å². The Morgan fingerprint density at radius 3 is 2.72 bits per heavy atom. The molecule has 132 valence electrons. The Bertz CT molecular complexity index is 839. The first-order chi connectivity index (χ1) is 11.9. The molecule has 8 nitrogen and oxygen atoms in total. The average Bonchev–Trinajstić information content (AvgIpc) is 2.60. The third kappa shape index (κ3) is 3.84. The maximum Gasteiger partial charge on any atom is 0.267 e. The van der Waals surface area contributed by atoms with Gasteiger partial charge < -0.3 is 10.6 Å². The van der Waals surface area contributed by atoms with Crippen molar-refractivity contribution < 1.29 is 4.79 Å². The van der Waals surface area contributed by atoms with Crippen LogP contribution in [0, 0.1) is 13.8 Å². The summed E-state index contributed by atoms with van der Waals surface area (Å²) in [6, 6.07) is 3.39. The Balaban J connectivity index is 1.62. The van der Waals surface area contributed by atoms with Gasteiger partial charge in [-0.3, -0.25) is 9.59 Å². The molecule has 2 N–H and O–H groups in total. The minimum Gasteiger partial charge on any atom is -0.368 e. The Morgan fingerprint density at radius 1 is 1.32 bits per heavy atom. The van der Waals surface area contributed by atoms with Crippen molar-refractivity contribution in [2.45, 2.75) is 39.2 Å². The summed E-state index contributed by atoms with van der Waals surface area (Å²) in [6.45, 7) is 4.90. The molecule has 0 radical (unpaired) electrons. The summed E-state index contributed by atoms with van der Waals surface area (Å²) in [5.74, 6) is 0.464. The number of likely N-dealkylation sites (tertiary alicyclic amines) is 1. The third-order valence-corrected chi connectivity index (χ3v) is 4.68. The summed E-state index contributed by atoms with van der Waals surface area (Å²) in [5.41, 5.74) is 7.90. The van der Waals surface area contributed by atoms with Gasteiger partial charge in [-0.05, 0) is 38.3 Å². The van der Waals surface area contributed by atoms with Crippen LogP contribution >= 0.6 is 0 Å². The zero-order valence-electron chi connectivity index (χ0n) is 14.5. The summed E-state index contributed by atoms with van der Waals surface area (Å²) in [5, 5.41) is 4.21. The van der Waals surface area contributed by atoms with Crippen LogP contribution in [0.2, 0.25) is 0 Å². The molecular formula is C17H22N6O2. The van der Waals surface area contributed by atoms with Crippen LogP contribution < -0.4 is 11.3 Å². The highest BCUT2D eigenvalue weighted by Gasteiger charge is 2.25. The molecule has 0 aromatic carbocycles. The summed E-state index contributed by atoms with van der Waals surface area (Å²) in [6.07, 6.45) is 3.29. The lowest BCUT2D eigenvalue weighted by atomic mass is 9.93. The van der Waals surface area contributed by atoms with Crippen molar-refractivity contribution in [3.05, 3.63) is 45.6 Å². The first-order valence-corrected chi connectivity index (χ1v) is 8.35. The minimum atomic E-state index is -0.247. The SMILES string of the molecule is Cc1cc(=O)n(CC(=O)N2CCC(c3ccnc(N)n3)CC2)nc1C. The van der Waals surface area contributed by atoms with Crippen molar-refractivity contribution in [2.75, 3.05) is 18.8 Å². The van der Waals surface area contributed by atoms with Crippen molar-refractivity contribution in [1.82, 2.24) is 24.6 Å². The predicted octanol–water partition coefficient (Wildman–Crippen LogP) is 0.639. The first-order valence-electron chi connectivity index (χ1n) is 8.35. The first kappa shape index (κ1) is 17.1. The van der Waals surface area contributed by atoms with Crippen molar-refractivity contribution in [1.29, 1.82) is 0 Å². The fourth-order valence-electron chi connectivity index (χ4n) is 3.06. The third-order valence-electron chi connectivity index (χ3n) is 4.68. The molecule has 0 aliphatic carbocycles. The van der Waals surface area contributed by atoms with Crippen molar-refractivity contribution in [2.24, 2.45) is 0 Å². The molecule has 1 aliphatic heterocycles. The van der Waals surface area contributed by atoms with Gasteiger partial charge in [0.25, 0.3) is 5.56 Å². The van der Waals surface area contributed by atoms with E-state index in [0.29, 0.717) is 13.1 Å². The fraction of sp³-hybridized carbons (Fsp3) is 0.471. The Kier molecular flexibility index (Phi) is 4.78. The number of rotatable bonds is 3. The second kappa shape index (κ2) is 7.00. The number of nitrogen functional groups attached to an aromatic ring is 1. The molecule has 0 unspecified atom stereocenters. The zero-order chi connectivity index (χ0) is 18.0. The largest absolute Gasteiger partial charge is 0.368 e. The molecule has 3 rings (SSSR count). The number of aryl methyl sites for hydroxylation is 2. The molecule has 1 amide bonds. The number of carbonyl (C=O) groups excluding carboxylic acids is 1. The maximum absolute atomic E-state index is 12.5. The number of amides is 1. The monoisotopic (exact) mass is 342 g/mol. The number of nitrogens with zero attached hydrogens (tertiary/aromatic N) is 5. The summed E-state index contributed by atoms with van der Waals surface area (Å²) in [4.78, 5) is 34.4. The molecule has 25 heavy (non-hydrogen) atoms. The van der Waals surface area contributed by atoms with E-state index < -0.39 is 0 Å². The molecule has 2 aromatic heterocycles. The lowest BCUT2D eigenvalue weighted by Crippen LogP contribution is -2.41. The van der Waals surface area contributed by atoms with E-state index >= 15 is 0 Å². The topological polar surface area (TPSA) is 107 Å². The molecule has 1 aliphatic rings. The molecule has 3 heterocycles. The second-order valence-electron chi connectivity index (χ2n) is 6.40. The molecule has 0 spiro atoms. The number of hydrogen-bond donors (Lipinski definition) is 1. The second-order valence-corrected chi connectivity index (χ2v) is 6.40. The van der Waals surface area contributed by atoms with Gasteiger partial charge in [0, 0.05) is 37.0 Å². The van der Waals surface area contributed by atoms with E-state index in [9.17, 15) is 9.59 Å². The van der Waals surface area contributed by atoms with Crippen LogP contribution in [0.5, 0.6) is 0 Å². The molecule has 0 bridgehead atoms. The smallest absolute Gasteiger partial charge is 0.267 e. The number of anilines is 1. The Labute approximate surface area is 145 Å². The quantitative estimate of drug-likeness (QED) is 0.877. The normalized spacial score (nSPS) is 15.4. The van der Waals surface area contributed by atoms with E-state index in [1.807, 2.05) is 19.9 Å². The highest BCUT2D eigenvalue weighted by atomic mass is 16.2. The van der Waals surface area contributed by atoms with E-state index in [4.69, 9.17) is 5.73 Å². The van der Waals surface area contributed by atoms with Crippen molar-refractivity contribution in [3.8, 4) is 0 Å². The van der Waals surface area contributed by atoms with Gasteiger partial charge in [0.2, 0.25) is 11.9 Å². The average molecular weight is 342 g/mol. The van der Waals surface area contributed by atoms with Gasteiger partial charge in [-0.1, -0.05) is 0 Å². The van der Waals surface area contributed by atoms with Crippen LogP contribution in [-0.4, -0.2) is 43.6 Å². The zero-order valence-corrected chi connectivity index (χ0v) is 14.5. The van der Waals surface area contributed by atoms with E-state index in [-0.39, 0.29) is 29.9 Å². The van der Waals surface area contributed by atoms with Crippen LogP contribution in [0.4, 0.5) is 5.95 Å². The number of aromatic nitrogens is 4. The van der Waals surface area contributed by atoms with Crippen LogP contribution in [-0.2, 0) is 11.3 Å². The number of nitrogens with two attached hydrogens (primary N) is 1. The molecule has 0 atom stereocenters. The summed E-state index contributed by atoms with van der Waals surface area (Å²) < 4.78 is 1.24. The van der Waals surface area contributed by atoms with Gasteiger partial charge in [0.1, 0.15) is 6.54 Å². The van der Waals surface area contributed by atoms with Crippen LogP contribution in [0.25, 0.3) is 0 Å². The van der Waals surface area contributed by atoms with Gasteiger partial charge in [-0.25, -0.2) is 14.6 Å². The molecule has 8 heteroatoms. The van der Waals surface area contributed by atoms with Crippen LogP contribution in [0.3, 0.4) is 0 Å². The molecule has 0 saturated carbocycles. The Morgan fingerprint density at radius 2 is 2.04 bits per heavy atom. The van der Waals surface area contributed by atoms with E-state index in [0.717, 1.165) is 29.8 Å². The minimum absolute atomic E-state index is 0.0227. The van der Waals surface area contributed by atoms with E-state index in [2.05, 4.69) is 15.1 Å². The molecule has 1 fully saturated rings. The number of carbonyl (C=O) groups is 1. The van der Waals surface area contributed by atoms with Gasteiger partial charge in [-0.2, -0.15) is 5.10 Å². The van der Waals surface area contributed by atoms with Crippen molar-refractivity contribution in [3.63, 3.8) is 0 Å². The van der Waals surface area contributed by atoms with Gasteiger partial charge >= 0.3 is 0 Å². The van der Waals surface area contributed by atoms with Gasteiger partial charge in [-0.15, -0.1) is 0 Å². The highest BCUT2D eigenvalue weighted by molar-refractivity contribution is 5.76. The number of hydrogen-bond acceptors (Lipinski definition) is 6. The fourth-order valence-corrected chi connectivity index (χ4v) is 3.06. The lowest BCUT2D eigenvalue weighted by molar-refractivity contribution is -0.133. The van der Waals surface area contributed by atoms with Gasteiger partial charge in [0.15, 0.2) is 0 Å². The standard InChI is InChI=1S/C17H22N6O2/c1-11-9-15(24)23(21-12(11)2)10-16(25)22-7-4-13(5-8-22)14-3-6-19-17(18)20-14/h3,6,9,13H,4-5,7-8,10H2,1-2H3,(H2,18,19,20). The molecular weight excluding hydrogens is 320 g/mol. The number of piperidine rings is 1. The summed E-state index contributed by atoms with van der Waals surface area (Å²) >= 11 is 0. The maximum atomic E-state index is 12.5. The van der Waals surface area contributed by atoms with Crippen molar-refractivity contribution >= 4 is 11.9 Å². The van der Waals surface area contributed by atoms with Crippen LogP contribution in [0.15, 0.2) is 23.1 Å². The Hall–Kier alpha value is -2.77. The molecule has 2 aromatic rings. The predicted molar refractivity (Wildman–Crippen MR) is 93.0 cm³/mol. The highest BCUT2D eigenvalue weighted by Crippen LogP contribution is 2.26. The van der Waals surface area contributed by atoms with Gasteiger partial charge in [0.05, 0.1) is 5.69 Å². The molecule has 1 saturated heterocycles. The lowest BCUT2D eigenvalue weighted by Gasteiger charge is -2.31. The van der Waals surface area contributed by atoms with E-state index in [1.54, 1.807) is 11.1 Å².